The molecule has 4 rings (SSSR count). The number of benzene rings is 2. The lowest BCUT2D eigenvalue weighted by Gasteiger charge is -2.10. The Labute approximate surface area is 164 Å². The quantitative estimate of drug-likeness (QED) is 0.455. The number of fused-ring (bicyclic) bond motifs is 1. The van der Waals surface area contributed by atoms with E-state index in [1.54, 1.807) is 17.4 Å². The molecule has 0 spiro atoms. The molecule has 0 aliphatic heterocycles. The lowest BCUT2D eigenvalue weighted by molar-refractivity contribution is 0.598. The highest BCUT2D eigenvalue weighted by Gasteiger charge is 2.11. The lowest BCUT2D eigenvalue weighted by Crippen LogP contribution is -2.12. The molecular weight excluding hydrogens is 401 g/mol. The van der Waals surface area contributed by atoms with Gasteiger partial charge in [0.1, 0.15) is 0 Å². The number of halogens is 1. The van der Waals surface area contributed by atoms with Gasteiger partial charge in [0.05, 0.1) is 11.1 Å². The maximum absolute atomic E-state index is 14.2. The van der Waals surface area contributed by atoms with E-state index >= 15 is 0 Å². The Morgan fingerprint density at radius 2 is 1.86 bits per heavy atom. The summed E-state index contributed by atoms with van der Waals surface area (Å²) in [6, 6.07) is 13.5. The summed E-state index contributed by atoms with van der Waals surface area (Å²) in [4.78, 5) is 7.98. The summed E-state index contributed by atoms with van der Waals surface area (Å²) in [5.74, 6) is -0.518. The Hall–Kier alpha value is -3.08. The molecular formula is C18H14FN5O2S2. The van der Waals surface area contributed by atoms with Crippen molar-refractivity contribution in [2.75, 3.05) is 10.6 Å². The van der Waals surface area contributed by atoms with Crippen LogP contribution < -0.4 is 15.8 Å². The third kappa shape index (κ3) is 3.93. The molecule has 0 bridgehead atoms. The van der Waals surface area contributed by atoms with E-state index in [4.69, 9.17) is 5.14 Å². The number of nitrogens with zero attached hydrogens (tertiary/aromatic N) is 2. The van der Waals surface area contributed by atoms with Crippen molar-refractivity contribution in [2.45, 2.75) is 4.90 Å². The zero-order valence-electron chi connectivity index (χ0n) is 14.3. The number of rotatable bonds is 5. The van der Waals surface area contributed by atoms with Crippen LogP contribution in [-0.2, 0) is 10.0 Å². The molecule has 0 saturated heterocycles. The van der Waals surface area contributed by atoms with Crippen molar-refractivity contribution >= 4 is 54.6 Å². The van der Waals surface area contributed by atoms with E-state index in [0.717, 1.165) is 16.3 Å². The second-order valence-corrected chi connectivity index (χ2v) is 8.40. The topological polar surface area (TPSA) is 110 Å². The average Bonchev–Trinajstić information content (AvgIpc) is 3.12. The molecule has 2 aromatic carbocycles. The van der Waals surface area contributed by atoms with Gasteiger partial charge in [-0.2, -0.15) is 4.98 Å². The SMILES string of the molecule is NS(=O)(=O)c1cccc(Nc2ncc(F)c(Nc3ccc4sccc4c3)n2)c1. The number of sulfonamides is 1. The summed E-state index contributed by atoms with van der Waals surface area (Å²) in [7, 11) is -3.84. The molecule has 0 amide bonds. The minimum Gasteiger partial charge on any atom is -0.338 e. The Bertz CT molecular complexity index is 1270. The fourth-order valence-corrected chi connectivity index (χ4v) is 3.91. The van der Waals surface area contributed by atoms with Gasteiger partial charge in [-0.25, -0.2) is 22.9 Å². The monoisotopic (exact) mass is 415 g/mol. The standard InChI is InChI=1S/C18H14FN5O2S2/c19-15-10-21-18(23-12-2-1-3-14(9-12)28(20,25)26)24-17(15)22-13-4-5-16-11(8-13)6-7-27-16/h1-10H,(H2,20,25,26)(H2,21,22,23,24). The summed E-state index contributed by atoms with van der Waals surface area (Å²) in [5, 5.41) is 13.9. The number of nitrogens with two attached hydrogens (primary N) is 1. The Morgan fingerprint density at radius 1 is 1.04 bits per heavy atom. The number of thiophene rings is 1. The minimum absolute atomic E-state index is 0.00493. The van der Waals surface area contributed by atoms with E-state index in [-0.39, 0.29) is 16.7 Å². The number of primary sulfonamides is 1. The van der Waals surface area contributed by atoms with Crippen molar-refractivity contribution in [1.82, 2.24) is 9.97 Å². The third-order valence-electron chi connectivity index (χ3n) is 3.88. The molecule has 0 atom stereocenters. The number of hydrogen-bond donors (Lipinski definition) is 3. The van der Waals surface area contributed by atoms with Crippen LogP contribution in [-0.4, -0.2) is 18.4 Å². The summed E-state index contributed by atoms with van der Waals surface area (Å²) in [5.41, 5.74) is 1.09. The van der Waals surface area contributed by atoms with Gasteiger partial charge < -0.3 is 10.6 Å². The van der Waals surface area contributed by atoms with Gasteiger partial charge in [-0.15, -0.1) is 11.3 Å². The normalized spacial score (nSPS) is 11.5. The van der Waals surface area contributed by atoms with Crippen molar-refractivity contribution in [1.29, 1.82) is 0 Å². The maximum Gasteiger partial charge on any atom is 0.238 e. The molecule has 0 saturated carbocycles. The van der Waals surface area contributed by atoms with Gasteiger partial charge in [0.15, 0.2) is 11.6 Å². The molecule has 142 valence electrons. The first-order chi connectivity index (χ1) is 13.4. The molecule has 2 heterocycles. The van der Waals surface area contributed by atoms with Gasteiger partial charge in [0, 0.05) is 16.1 Å². The first-order valence-corrected chi connectivity index (χ1v) is 10.5. The summed E-state index contributed by atoms with van der Waals surface area (Å²) >= 11 is 1.62. The molecule has 0 fully saturated rings. The van der Waals surface area contributed by atoms with Crippen LogP contribution >= 0.6 is 11.3 Å². The molecule has 0 aliphatic carbocycles. The third-order valence-corrected chi connectivity index (χ3v) is 5.69. The van der Waals surface area contributed by atoms with E-state index < -0.39 is 15.8 Å². The molecule has 2 aromatic heterocycles. The van der Waals surface area contributed by atoms with Crippen molar-refractivity contribution in [3.8, 4) is 0 Å². The minimum atomic E-state index is -3.84. The molecule has 28 heavy (non-hydrogen) atoms. The molecule has 0 aliphatic rings. The van der Waals surface area contributed by atoms with Crippen LogP contribution in [0, 0.1) is 5.82 Å². The zero-order valence-corrected chi connectivity index (χ0v) is 15.9. The summed E-state index contributed by atoms with van der Waals surface area (Å²) in [6.07, 6.45) is 1.03. The van der Waals surface area contributed by atoms with Crippen molar-refractivity contribution in [3.63, 3.8) is 0 Å². The second-order valence-electron chi connectivity index (χ2n) is 5.89. The highest BCUT2D eigenvalue weighted by Crippen LogP contribution is 2.27. The fraction of sp³-hybridized carbons (Fsp3) is 0. The number of hydrogen-bond acceptors (Lipinski definition) is 7. The first-order valence-electron chi connectivity index (χ1n) is 8.05. The number of aromatic nitrogens is 2. The lowest BCUT2D eigenvalue weighted by atomic mass is 10.2. The van der Waals surface area contributed by atoms with Gasteiger partial charge in [-0.1, -0.05) is 6.07 Å². The molecule has 0 unspecified atom stereocenters. The van der Waals surface area contributed by atoms with E-state index in [0.29, 0.717) is 11.4 Å². The molecule has 7 nitrogen and oxygen atoms in total. The van der Waals surface area contributed by atoms with Crippen molar-refractivity contribution < 1.29 is 12.8 Å². The Balaban J connectivity index is 1.60. The van der Waals surface area contributed by atoms with Crippen LogP contribution in [0.25, 0.3) is 10.1 Å². The van der Waals surface area contributed by atoms with Crippen LogP contribution in [0.4, 0.5) is 27.5 Å². The largest absolute Gasteiger partial charge is 0.338 e. The van der Waals surface area contributed by atoms with Gasteiger partial charge in [0.25, 0.3) is 0 Å². The Kier molecular flexibility index (Phi) is 4.67. The fourth-order valence-electron chi connectivity index (χ4n) is 2.58. The second kappa shape index (κ2) is 7.15. The van der Waals surface area contributed by atoms with Crippen LogP contribution in [0.2, 0.25) is 0 Å². The maximum atomic E-state index is 14.2. The highest BCUT2D eigenvalue weighted by atomic mass is 32.2. The van der Waals surface area contributed by atoms with Crippen molar-refractivity contribution in [3.05, 3.63) is 65.9 Å². The molecule has 4 N–H and O–H groups in total. The van der Waals surface area contributed by atoms with E-state index in [9.17, 15) is 12.8 Å². The highest BCUT2D eigenvalue weighted by molar-refractivity contribution is 7.89. The average molecular weight is 415 g/mol. The van der Waals surface area contributed by atoms with E-state index in [1.807, 2.05) is 29.6 Å². The molecule has 10 heteroatoms. The van der Waals surface area contributed by atoms with Crippen LogP contribution in [0.1, 0.15) is 0 Å². The van der Waals surface area contributed by atoms with Gasteiger partial charge in [-0.05, 0) is 53.2 Å². The number of nitrogens with one attached hydrogen (secondary N) is 2. The van der Waals surface area contributed by atoms with E-state index in [1.165, 1.54) is 18.2 Å². The van der Waals surface area contributed by atoms with Crippen LogP contribution in [0.5, 0.6) is 0 Å². The van der Waals surface area contributed by atoms with Crippen LogP contribution in [0.3, 0.4) is 0 Å². The Morgan fingerprint density at radius 3 is 2.68 bits per heavy atom. The smallest absolute Gasteiger partial charge is 0.238 e. The van der Waals surface area contributed by atoms with Gasteiger partial charge in [-0.3, -0.25) is 0 Å². The zero-order chi connectivity index (χ0) is 19.7. The van der Waals surface area contributed by atoms with Gasteiger partial charge >= 0.3 is 0 Å². The molecule has 0 radical (unpaired) electrons. The predicted octanol–water partition coefficient (Wildman–Crippen LogP) is 3.97. The van der Waals surface area contributed by atoms with Crippen LogP contribution in [0.15, 0.2) is 65.0 Å². The van der Waals surface area contributed by atoms with Crippen molar-refractivity contribution in [2.24, 2.45) is 5.14 Å². The summed E-state index contributed by atoms with van der Waals surface area (Å²) < 4.78 is 38.2. The van der Waals surface area contributed by atoms with Gasteiger partial charge in [0.2, 0.25) is 16.0 Å². The van der Waals surface area contributed by atoms with E-state index in [2.05, 4.69) is 20.6 Å². The predicted molar refractivity (Wildman–Crippen MR) is 108 cm³/mol. The molecule has 4 aromatic rings. The number of anilines is 4. The summed E-state index contributed by atoms with van der Waals surface area (Å²) in [6.45, 7) is 0. The first kappa shape index (κ1) is 18.3.